The molecular formula is C32H36N6O6. The molecule has 4 aromatic rings. The molecule has 2 amide bonds. The van der Waals surface area contributed by atoms with Gasteiger partial charge in [-0.2, -0.15) is 9.97 Å². The zero-order valence-electron chi connectivity index (χ0n) is 25.5. The molecule has 5 rings (SSSR count). The van der Waals surface area contributed by atoms with Gasteiger partial charge in [-0.25, -0.2) is 14.7 Å². The van der Waals surface area contributed by atoms with E-state index in [1.807, 2.05) is 57.2 Å². The van der Waals surface area contributed by atoms with Crippen molar-refractivity contribution in [1.29, 1.82) is 0 Å². The van der Waals surface area contributed by atoms with Crippen LogP contribution in [0.5, 0.6) is 5.88 Å². The fraction of sp³-hybridized carbons (Fsp3) is 0.375. The van der Waals surface area contributed by atoms with E-state index in [0.29, 0.717) is 11.4 Å². The van der Waals surface area contributed by atoms with Crippen molar-refractivity contribution >= 4 is 46.5 Å². The van der Waals surface area contributed by atoms with Crippen LogP contribution in [0.25, 0.3) is 11.2 Å². The number of hydrogen-bond donors (Lipinski definition) is 1. The molecule has 3 heterocycles. The summed E-state index contributed by atoms with van der Waals surface area (Å²) in [6, 6.07) is 18.1. The first-order valence-corrected chi connectivity index (χ1v) is 14.5. The SMILES string of the molecule is CC(=O)O[C@H]1C(C)[C@@H](C(C)C)O[C@H]1n1cnc2c(OC(=O)N(c3ccccc3)c3ccccc3)nc(NC(=O)C(C)C)nc21. The van der Waals surface area contributed by atoms with E-state index in [4.69, 9.17) is 14.2 Å². The lowest BCUT2D eigenvalue weighted by Gasteiger charge is -2.23. The van der Waals surface area contributed by atoms with Crippen LogP contribution >= 0.6 is 0 Å². The molecule has 1 fully saturated rings. The molecular weight excluding hydrogens is 564 g/mol. The van der Waals surface area contributed by atoms with Gasteiger partial charge in [0, 0.05) is 18.8 Å². The summed E-state index contributed by atoms with van der Waals surface area (Å²) in [5.41, 5.74) is 1.54. The molecule has 1 unspecified atom stereocenters. The van der Waals surface area contributed by atoms with Crippen LogP contribution in [0.1, 0.15) is 47.8 Å². The number of fused-ring (bicyclic) bond motifs is 1. The quantitative estimate of drug-likeness (QED) is 0.246. The van der Waals surface area contributed by atoms with Crippen LogP contribution in [0.3, 0.4) is 0 Å². The summed E-state index contributed by atoms with van der Waals surface area (Å²) in [7, 11) is 0. The Morgan fingerprint density at radius 2 is 1.57 bits per heavy atom. The molecule has 0 spiro atoms. The van der Waals surface area contributed by atoms with Crippen LogP contribution in [0.4, 0.5) is 22.1 Å². The maximum absolute atomic E-state index is 13.8. The molecule has 0 radical (unpaired) electrons. The number of carbonyl (C=O) groups excluding carboxylic acids is 3. The highest BCUT2D eigenvalue weighted by atomic mass is 16.6. The molecule has 0 bridgehead atoms. The van der Waals surface area contributed by atoms with E-state index in [1.54, 1.807) is 42.7 Å². The second-order valence-electron chi connectivity index (χ2n) is 11.4. The van der Waals surface area contributed by atoms with Gasteiger partial charge in [-0.3, -0.25) is 19.5 Å². The Hall–Kier alpha value is -4.84. The topological polar surface area (TPSA) is 138 Å². The number of rotatable bonds is 8. The maximum atomic E-state index is 13.8. The van der Waals surface area contributed by atoms with Crippen molar-refractivity contribution in [2.45, 2.75) is 60.0 Å². The van der Waals surface area contributed by atoms with E-state index in [9.17, 15) is 14.4 Å². The normalized spacial score (nSPS) is 19.7. The lowest BCUT2D eigenvalue weighted by atomic mass is 9.92. The molecule has 0 aliphatic carbocycles. The number of esters is 1. The lowest BCUT2D eigenvalue weighted by molar-refractivity contribution is -0.153. The Morgan fingerprint density at radius 3 is 2.11 bits per heavy atom. The van der Waals surface area contributed by atoms with Gasteiger partial charge in [0.05, 0.1) is 23.8 Å². The number of benzene rings is 2. The highest BCUT2D eigenvalue weighted by molar-refractivity contribution is 5.98. The zero-order valence-corrected chi connectivity index (χ0v) is 25.5. The summed E-state index contributed by atoms with van der Waals surface area (Å²) in [4.78, 5) is 53.4. The summed E-state index contributed by atoms with van der Waals surface area (Å²) in [5.74, 6) is -1.38. The van der Waals surface area contributed by atoms with Crippen LogP contribution in [0.15, 0.2) is 67.0 Å². The first-order valence-electron chi connectivity index (χ1n) is 14.5. The average Bonchev–Trinajstić information content (AvgIpc) is 3.55. The fourth-order valence-electron chi connectivity index (χ4n) is 5.26. The number of nitrogens with zero attached hydrogens (tertiary/aromatic N) is 5. The minimum absolute atomic E-state index is 0.0813. The van der Waals surface area contributed by atoms with Crippen molar-refractivity contribution in [1.82, 2.24) is 19.5 Å². The van der Waals surface area contributed by atoms with Gasteiger partial charge in [-0.15, -0.1) is 0 Å². The fourth-order valence-corrected chi connectivity index (χ4v) is 5.26. The number of ether oxygens (including phenoxy) is 3. The van der Waals surface area contributed by atoms with Crippen molar-refractivity contribution in [3.63, 3.8) is 0 Å². The third-order valence-corrected chi connectivity index (χ3v) is 7.39. The van der Waals surface area contributed by atoms with Crippen molar-refractivity contribution in [2.75, 3.05) is 10.2 Å². The van der Waals surface area contributed by atoms with Crippen LogP contribution in [0.2, 0.25) is 0 Å². The smallest absolute Gasteiger partial charge is 0.425 e. The molecule has 2 aromatic heterocycles. The van der Waals surface area contributed by atoms with E-state index in [0.717, 1.165) is 0 Å². The minimum atomic E-state index is -0.775. The van der Waals surface area contributed by atoms with Gasteiger partial charge >= 0.3 is 12.1 Å². The van der Waals surface area contributed by atoms with Crippen molar-refractivity contribution in [3.05, 3.63) is 67.0 Å². The molecule has 44 heavy (non-hydrogen) atoms. The van der Waals surface area contributed by atoms with Crippen molar-refractivity contribution < 1.29 is 28.6 Å². The van der Waals surface area contributed by atoms with Gasteiger partial charge in [0.15, 0.2) is 23.5 Å². The molecule has 1 aliphatic heterocycles. The maximum Gasteiger partial charge on any atom is 0.425 e. The van der Waals surface area contributed by atoms with Gasteiger partial charge in [0.1, 0.15) is 0 Å². The number of nitrogens with one attached hydrogen (secondary N) is 1. The number of hydrogen-bond acceptors (Lipinski definition) is 9. The average molecular weight is 601 g/mol. The first kappa shape index (κ1) is 30.6. The highest BCUT2D eigenvalue weighted by Crippen LogP contribution is 2.41. The molecule has 1 N–H and O–H groups in total. The zero-order chi connectivity index (χ0) is 31.5. The number of imidazole rings is 1. The van der Waals surface area contributed by atoms with Gasteiger partial charge in [0.2, 0.25) is 11.9 Å². The molecule has 12 nitrogen and oxygen atoms in total. The van der Waals surface area contributed by atoms with Crippen LogP contribution in [-0.4, -0.2) is 49.7 Å². The van der Waals surface area contributed by atoms with Crippen LogP contribution in [0, 0.1) is 17.8 Å². The predicted octanol–water partition coefficient (Wildman–Crippen LogP) is 5.88. The monoisotopic (exact) mass is 600 g/mol. The van der Waals surface area contributed by atoms with E-state index in [-0.39, 0.29) is 52.8 Å². The third kappa shape index (κ3) is 6.25. The molecule has 1 aliphatic rings. The molecule has 1 saturated heterocycles. The number of aromatic nitrogens is 4. The van der Waals surface area contributed by atoms with Crippen LogP contribution < -0.4 is 15.0 Å². The van der Waals surface area contributed by atoms with E-state index >= 15 is 0 Å². The Balaban J connectivity index is 1.60. The number of anilines is 3. The molecule has 2 aromatic carbocycles. The molecule has 230 valence electrons. The summed E-state index contributed by atoms with van der Waals surface area (Å²) in [6.45, 7) is 10.9. The van der Waals surface area contributed by atoms with Crippen molar-refractivity contribution in [3.8, 4) is 5.88 Å². The second kappa shape index (κ2) is 12.8. The summed E-state index contributed by atoms with van der Waals surface area (Å²) >= 11 is 0. The second-order valence-corrected chi connectivity index (χ2v) is 11.4. The Morgan fingerprint density at radius 1 is 0.955 bits per heavy atom. The third-order valence-electron chi connectivity index (χ3n) is 7.39. The lowest BCUT2D eigenvalue weighted by Crippen LogP contribution is -2.30. The van der Waals surface area contributed by atoms with Crippen molar-refractivity contribution in [2.24, 2.45) is 17.8 Å². The van der Waals surface area contributed by atoms with E-state index in [2.05, 4.69) is 20.3 Å². The molecule has 12 heteroatoms. The summed E-state index contributed by atoms with van der Waals surface area (Å²) in [6.07, 6.45) is -0.900. The summed E-state index contributed by atoms with van der Waals surface area (Å²) in [5, 5.41) is 2.69. The number of para-hydroxylation sites is 2. The van der Waals surface area contributed by atoms with Gasteiger partial charge in [-0.1, -0.05) is 71.0 Å². The first-order chi connectivity index (χ1) is 21.0. The Bertz CT molecular complexity index is 1600. The van der Waals surface area contributed by atoms with Gasteiger partial charge in [-0.05, 0) is 30.2 Å². The number of carbonyl (C=O) groups is 3. The number of amides is 2. The molecule has 0 saturated carbocycles. The Labute approximate surface area is 255 Å². The van der Waals surface area contributed by atoms with Gasteiger partial charge in [0.25, 0.3) is 5.88 Å². The minimum Gasteiger partial charge on any atom is -0.457 e. The standard InChI is InChI=1S/C32H36N6O6/c1-18(2)25-20(5)26(42-21(6)39)30(43-25)37-17-33-24-27(37)34-31(35-28(40)19(3)4)36-29(24)44-32(41)38(22-13-9-7-10-14-22)23-15-11-8-12-16-23/h7-20,25-26,30H,1-6H3,(H,34,35,36,40)/t20?,25-,26+,30-/m1/s1. The predicted molar refractivity (Wildman–Crippen MR) is 163 cm³/mol. The largest absolute Gasteiger partial charge is 0.457 e. The summed E-state index contributed by atoms with van der Waals surface area (Å²) < 4.78 is 19.7. The highest BCUT2D eigenvalue weighted by Gasteiger charge is 2.47. The van der Waals surface area contributed by atoms with Crippen LogP contribution in [-0.2, 0) is 19.1 Å². The molecule has 4 atom stereocenters. The van der Waals surface area contributed by atoms with Gasteiger partial charge < -0.3 is 14.2 Å². The van der Waals surface area contributed by atoms with E-state index < -0.39 is 24.4 Å². The Kier molecular flexibility index (Phi) is 8.91. The van der Waals surface area contributed by atoms with E-state index in [1.165, 1.54) is 18.2 Å².